The van der Waals surface area contributed by atoms with Gasteiger partial charge in [0.15, 0.2) is 0 Å². The van der Waals surface area contributed by atoms with Gasteiger partial charge in [0.05, 0.1) is 23.0 Å². The lowest BCUT2D eigenvalue weighted by Crippen LogP contribution is -2.28. The molecule has 2 aromatic heterocycles. The number of carbonyl (C=O) groups is 1. The molecule has 0 aliphatic rings. The number of H-pyrrole nitrogens is 1. The first kappa shape index (κ1) is 19.3. The first-order valence-electron chi connectivity index (χ1n) is 9.41. The van der Waals surface area contributed by atoms with E-state index in [4.69, 9.17) is 0 Å². The predicted octanol–water partition coefficient (Wildman–Crippen LogP) is 3.86. The number of hydrogen-bond acceptors (Lipinski definition) is 3. The standard InChI is InChI=1S/C23H19FN4O2/c1-15(16-5-4-6-17(13-16)20-11-12-25-27-20)26-23(30)18-9-10-22(29)28(14-18)21-8-3-2-7-19(21)24/h2-15H,1H3,(H,25,27)(H,26,30)/t15-/m1/s1. The SMILES string of the molecule is C[C@@H](NC(=O)c1ccc(=O)n(-c2ccccc2F)c1)c1cccc(-c2ccn[nH]2)c1. The van der Waals surface area contributed by atoms with Gasteiger partial charge in [-0.15, -0.1) is 0 Å². The number of benzene rings is 2. The Bertz CT molecular complexity index is 1250. The second-order valence-corrected chi connectivity index (χ2v) is 6.87. The molecule has 0 saturated heterocycles. The molecule has 1 atom stereocenters. The summed E-state index contributed by atoms with van der Waals surface area (Å²) in [4.78, 5) is 25.0. The maximum atomic E-state index is 14.1. The third-order valence-electron chi connectivity index (χ3n) is 4.83. The van der Waals surface area contributed by atoms with E-state index in [-0.39, 0.29) is 23.2 Å². The van der Waals surface area contributed by atoms with E-state index in [0.29, 0.717) is 0 Å². The monoisotopic (exact) mass is 402 g/mol. The zero-order valence-corrected chi connectivity index (χ0v) is 16.2. The topological polar surface area (TPSA) is 79.8 Å². The molecule has 4 rings (SSSR count). The molecule has 0 radical (unpaired) electrons. The van der Waals surface area contributed by atoms with Crippen molar-refractivity contribution in [2.45, 2.75) is 13.0 Å². The summed E-state index contributed by atoms with van der Waals surface area (Å²) in [5.74, 6) is -0.902. The summed E-state index contributed by atoms with van der Waals surface area (Å²) in [6.07, 6.45) is 3.03. The van der Waals surface area contributed by atoms with Crippen LogP contribution in [0.1, 0.15) is 28.9 Å². The first-order valence-corrected chi connectivity index (χ1v) is 9.41. The van der Waals surface area contributed by atoms with Crippen molar-refractivity contribution in [3.8, 4) is 16.9 Å². The number of nitrogens with one attached hydrogen (secondary N) is 2. The molecule has 1 amide bonds. The fraction of sp³-hybridized carbons (Fsp3) is 0.0870. The molecule has 0 aliphatic heterocycles. The summed E-state index contributed by atoms with van der Waals surface area (Å²) in [7, 11) is 0. The van der Waals surface area contributed by atoms with Gasteiger partial charge in [0.2, 0.25) is 0 Å². The van der Waals surface area contributed by atoms with Gasteiger partial charge in [0, 0.05) is 18.5 Å². The minimum atomic E-state index is -0.541. The highest BCUT2D eigenvalue weighted by atomic mass is 19.1. The van der Waals surface area contributed by atoms with Gasteiger partial charge in [-0.1, -0.05) is 30.3 Å². The second kappa shape index (κ2) is 8.16. The van der Waals surface area contributed by atoms with Gasteiger partial charge >= 0.3 is 0 Å². The van der Waals surface area contributed by atoms with E-state index in [1.807, 2.05) is 37.3 Å². The van der Waals surface area contributed by atoms with Crippen molar-refractivity contribution in [2.75, 3.05) is 0 Å². The van der Waals surface area contributed by atoms with E-state index in [2.05, 4.69) is 15.5 Å². The van der Waals surface area contributed by atoms with Crippen LogP contribution in [0, 0.1) is 5.82 Å². The van der Waals surface area contributed by atoms with Gasteiger partial charge in [-0.25, -0.2) is 4.39 Å². The average Bonchev–Trinajstić information content (AvgIpc) is 3.30. The summed E-state index contributed by atoms with van der Waals surface area (Å²) in [6.45, 7) is 1.87. The van der Waals surface area contributed by atoms with Crippen LogP contribution in [-0.4, -0.2) is 20.7 Å². The molecular formula is C23H19FN4O2. The van der Waals surface area contributed by atoms with Gasteiger partial charge < -0.3 is 5.32 Å². The molecule has 0 aliphatic carbocycles. The van der Waals surface area contributed by atoms with Gasteiger partial charge in [0.25, 0.3) is 11.5 Å². The lowest BCUT2D eigenvalue weighted by molar-refractivity contribution is 0.0939. The first-order chi connectivity index (χ1) is 14.5. The molecule has 0 spiro atoms. The molecule has 0 unspecified atom stereocenters. The largest absolute Gasteiger partial charge is 0.345 e. The molecular weight excluding hydrogens is 383 g/mol. The van der Waals surface area contributed by atoms with Gasteiger partial charge in [-0.2, -0.15) is 5.10 Å². The smallest absolute Gasteiger partial charge is 0.255 e. The molecule has 6 nitrogen and oxygen atoms in total. The highest BCUT2D eigenvalue weighted by Crippen LogP contribution is 2.21. The Hall–Kier alpha value is -4.00. The molecule has 0 bridgehead atoms. The van der Waals surface area contributed by atoms with E-state index in [1.165, 1.54) is 30.5 Å². The van der Waals surface area contributed by atoms with Crippen molar-refractivity contribution in [2.24, 2.45) is 0 Å². The fourth-order valence-electron chi connectivity index (χ4n) is 3.21. The van der Waals surface area contributed by atoms with Crippen LogP contribution < -0.4 is 10.9 Å². The zero-order valence-electron chi connectivity index (χ0n) is 16.2. The summed E-state index contributed by atoms with van der Waals surface area (Å²) in [5, 5.41) is 9.80. The number of halogens is 1. The molecule has 4 aromatic rings. The van der Waals surface area contributed by atoms with Crippen LogP contribution in [0.3, 0.4) is 0 Å². The number of para-hydroxylation sites is 1. The predicted molar refractivity (Wildman–Crippen MR) is 112 cm³/mol. The maximum Gasteiger partial charge on any atom is 0.255 e. The average molecular weight is 402 g/mol. The van der Waals surface area contributed by atoms with Crippen molar-refractivity contribution in [3.05, 3.63) is 106 Å². The molecule has 2 aromatic carbocycles. The summed E-state index contributed by atoms with van der Waals surface area (Å²) >= 11 is 0. The lowest BCUT2D eigenvalue weighted by Gasteiger charge is -2.16. The Morgan fingerprint density at radius 3 is 2.70 bits per heavy atom. The van der Waals surface area contributed by atoms with Crippen molar-refractivity contribution < 1.29 is 9.18 Å². The summed E-state index contributed by atoms with van der Waals surface area (Å²) in [6, 6.07) is 18.0. The van der Waals surface area contributed by atoms with Crippen LogP contribution >= 0.6 is 0 Å². The van der Waals surface area contributed by atoms with Gasteiger partial charge in [0.1, 0.15) is 5.82 Å². The zero-order chi connectivity index (χ0) is 21.1. The van der Waals surface area contributed by atoms with Crippen LogP contribution in [-0.2, 0) is 0 Å². The van der Waals surface area contributed by atoms with Gasteiger partial charge in [-0.05, 0) is 48.4 Å². The maximum absolute atomic E-state index is 14.1. The normalized spacial score (nSPS) is 11.8. The van der Waals surface area contributed by atoms with E-state index >= 15 is 0 Å². The van der Waals surface area contributed by atoms with Crippen LogP contribution in [0.25, 0.3) is 16.9 Å². The van der Waals surface area contributed by atoms with Gasteiger partial charge in [-0.3, -0.25) is 19.3 Å². The molecule has 150 valence electrons. The Balaban J connectivity index is 1.57. The number of nitrogens with zero attached hydrogens (tertiary/aromatic N) is 2. The van der Waals surface area contributed by atoms with Crippen LogP contribution in [0.4, 0.5) is 4.39 Å². The highest BCUT2D eigenvalue weighted by Gasteiger charge is 2.15. The number of hydrogen-bond donors (Lipinski definition) is 2. The highest BCUT2D eigenvalue weighted by molar-refractivity contribution is 5.94. The molecule has 7 heteroatoms. The van der Waals surface area contributed by atoms with E-state index < -0.39 is 11.4 Å². The molecule has 0 fully saturated rings. The number of pyridine rings is 1. The van der Waals surface area contributed by atoms with Crippen LogP contribution in [0.15, 0.2) is 83.9 Å². The summed E-state index contributed by atoms with van der Waals surface area (Å²) < 4.78 is 15.2. The Morgan fingerprint density at radius 2 is 1.93 bits per heavy atom. The van der Waals surface area contributed by atoms with Crippen molar-refractivity contribution in [1.82, 2.24) is 20.1 Å². The van der Waals surface area contributed by atoms with Crippen molar-refractivity contribution >= 4 is 5.91 Å². The number of aromatic nitrogens is 3. The number of rotatable bonds is 5. The number of carbonyl (C=O) groups excluding carboxylic acids is 1. The molecule has 0 saturated carbocycles. The van der Waals surface area contributed by atoms with Crippen molar-refractivity contribution in [1.29, 1.82) is 0 Å². The Labute approximate surface area is 172 Å². The molecule has 2 N–H and O–H groups in total. The van der Waals surface area contributed by atoms with Crippen molar-refractivity contribution in [3.63, 3.8) is 0 Å². The third-order valence-corrected chi connectivity index (χ3v) is 4.83. The number of aromatic amines is 1. The lowest BCUT2D eigenvalue weighted by atomic mass is 10.0. The summed E-state index contributed by atoms with van der Waals surface area (Å²) in [5.41, 5.74) is 2.69. The van der Waals surface area contributed by atoms with E-state index in [9.17, 15) is 14.0 Å². The number of amides is 1. The van der Waals surface area contributed by atoms with Crippen LogP contribution in [0.2, 0.25) is 0 Å². The minimum absolute atomic E-state index is 0.0949. The Kier molecular flexibility index (Phi) is 5.26. The molecule has 2 heterocycles. The second-order valence-electron chi connectivity index (χ2n) is 6.87. The third kappa shape index (κ3) is 3.91. The quantitative estimate of drug-likeness (QED) is 0.532. The Morgan fingerprint density at radius 1 is 1.10 bits per heavy atom. The van der Waals surface area contributed by atoms with E-state index in [1.54, 1.807) is 18.3 Å². The fourth-order valence-corrected chi connectivity index (χ4v) is 3.21. The van der Waals surface area contributed by atoms with E-state index in [0.717, 1.165) is 21.4 Å². The minimum Gasteiger partial charge on any atom is -0.345 e. The van der Waals surface area contributed by atoms with Crippen LogP contribution in [0.5, 0.6) is 0 Å². The molecule has 30 heavy (non-hydrogen) atoms.